The van der Waals surface area contributed by atoms with Crippen LogP contribution in [0.25, 0.3) is 0 Å². The van der Waals surface area contributed by atoms with Crippen LogP contribution in [-0.4, -0.2) is 70.7 Å². The first-order chi connectivity index (χ1) is 14.0. The summed E-state index contributed by atoms with van der Waals surface area (Å²) in [4.78, 5) is 25.0. The van der Waals surface area contributed by atoms with Crippen molar-refractivity contribution in [1.29, 1.82) is 0 Å². The van der Waals surface area contributed by atoms with Crippen molar-refractivity contribution >= 4 is 5.91 Å². The fourth-order valence-corrected chi connectivity index (χ4v) is 3.84. The number of piperidine rings is 1. The fraction of sp³-hybridized carbons (Fsp3) is 0.476. The first-order valence-electron chi connectivity index (χ1n) is 9.62. The number of likely N-dealkylation sites (tertiary alicyclic amines) is 1. The van der Waals surface area contributed by atoms with E-state index in [2.05, 4.69) is 9.97 Å². The minimum atomic E-state index is -1.43. The molecule has 1 N–H and O–H groups in total. The third-order valence-electron chi connectivity index (χ3n) is 5.13. The molecule has 1 atom stereocenters. The molecule has 3 rings (SSSR count). The van der Waals surface area contributed by atoms with Gasteiger partial charge in [0.15, 0.2) is 17.1 Å². The van der Waals surface area contributed by atoms with E-state index in [1.807, 2.05) is 30.1 Å². The molecule has 2 heterocycles. The molecule has 156 valence electrons. The van der Waals surface area contributed by atoms with Gasteiger partial charge in [0.05, 0.1) is 19.9 Å². The molecule has 8 nitrogen and oxygen atoms in total. The molecule has 1 unspecified atom stereocenters. The van der Waals surface area contributed by atoms with Crippen molar-refractivity contribution in [3.63, 3.8) is 0 Å². The SMILES string of the molecule is COc1cccc(CN2CCCC(O)(CN(C)Cc3cnccn3)C2=O)c1OC. The van der Waals surface area contributed by atoms with Gasteiger partial charge in [0.2, 0.25) is 0 Å². The van der Waals surface area contributed by atoms with Crippen LogP contribution < -0.4 is 9.47 Å². The second kappa shape index (κ2) is 9.19. The Morgan fingerprint density at radius 1 is 1.28 bits per heavy atom. The van der Waals surface area contributed by atoms with Gasteiger partial charge in [-0.3, -0.25) is 19.7 Å². The summed E-state index contributed by atoms with van der Waals surface area (Å²) in [5.41, 5.74) is 0.207. The molecular formula is C21H28N4O4. The number of carbonyl (C=O) groups is 1. The second-order valence-electron chi connectivity index (χ2n) is 7.38. The average Bonchev–Trinajstić information content (AvgIpc) is 2.72. The molecule has 1 saturated heterocycles. The number of likely N-dealkylation sites (N-methyl/N-ethyl adjacent to an activating group) is 1. The van der Waals surface area contributed by atoms with Gasteiger partial charge in [-0.2, -0.15) is 0 Å². The maximum atomic E-state index is 13.1. The van der Waals surface area contributed by atoms with E-state index >= 15 is 0 Å². The Morgan fingerprint density at radius 3 is 2.79 bits per heavy atom. The summed E-state index contributed by atoms with van der Waals surface area (Å²) < 4.78 is 10.8. The third-order valence-corrected chi connectivity index (χ3v) is 5.13. The summed E-state index contributed by atoms with van der Waals surface area (Å²) in [5, 5.41) is 11.1. The standard InChI is InChI=1S/C21H28N4O4/c1-24(14-17-12-22-9-10-23-17)15-21(27)8-5-11-25(20(21)26)13-16-6-4-7-18(28-2)19(16)29-3/h4,6-7,9-10,12,27H,5,8,11,13-15H2,1-3H3. The van der Waals surface area contributed by atoms with Gasteiger partial charge in [0.1, 0.15) is 0 Å². The van der Waals surface area contributed by atoms with Crippen LogP contribution in [0.2, 0.25) is 0 Å². The molecule has 8 heteroatoms. The number of carbonyl (C=O) groups excluding carboxylic acids is 1. The molecule has 1 aliphatic rings. The summed E-state index contributed by atoms with van der Waals surface area (Å²) in [6, 6.07) is 5.59. The Bertz CT molecular complexity index is 833. The van der Waals surface area contributed by atoms with E-state index in [1.165, 1.54) is 0 Å². The zero-order valence-electron chi connectivity index (χ0n) is 17.2. The van der Waals surface area contributed by atoms with Crippen LogP contribution in [0.5, 0.6) is 11.5 Å². The predicted molar refractivity (Wildman–Crippen MR) is 108 cm³/mol. The van der Waals surface area contributed by atoms with Crippen molar-refractivity contribution in [2.45, 2.75) is 31.5 Å². The highest BCUT2D eigenvalue weighted by molar-refractivity contribution is 5.86. The van der Waals surface area contributed by atoms with E-state index < -0.39 is 5.60 Å². The van der Waals surface area contributed by atoms with Crippen molar-refractivity contribution in [3.8, 4) is 11.5 Å². The van der Waals surface area contributed by atoms with Gasteiger partial charge < -0.3 is 19.5 Å². The lowest BCUT2D eigenvalue weighted by molar-refractivity contribution is -0.160. The number of ether oxygens (including phenoxy) is 2. The predicted octanol–water partition coefficient (Wildman–Crippen LogP) is 1.48. The number of aromatic nitrogens is 2. The second-order valence-corrected chi connectivity index (χ2v) is 7.38. The van der Waals surface area contributed by atoms with Gasteiger partial charge >= 0.3 is 0 Å². The number of aliphatic hydroxyl groups is 1. The Morgan fingerprint density at radius 2 is 2.10 bits per heavy atom. The Kier molecular flexibility index (Phi) is 6.66. The lowest BCUT2D eigenvalue weighted by atomic mass is 9.90. The number of benzene rings is 1. The van der Waals surface area contributed by atoms with E-state index in [0.29, 0.717) is 37.6 Å². The van der Waals surface area contributed by atoms with E-state index in [0.717, 1.165) is 17.7 Å². The van der Waals surface area contributed by atoms with E-state index in [9.17, 15) is 9.90 Å². The van der Waals surface area contributed by atoms with Gasteiger partial charge in [-0.1, -0.05) is 12.1 Å². The van der Waals surface area contributed by atoms with Gasteiger partial charge in [0.25, 0.3) is 5.91 Å². The number of rotatable bonds is 8. The minimum absolute atomic E-state index is 0.230. The number of hydrogen-bond donors (Lipinski definition) is 1. The molecule has 1 fully saturated rings. The van der Waals surface area contributed by atoms with Crippen LogP contribution >= 0.6 is 0 Å². The van der Waals surface area contributed by atoms with Gasteiger partial charge in [-0.05, 0) is 26.0 Å². The number of methoxy groups -OCH3 is 2. The largest absolute Gasteiger partial charge is 0.493 e. The molecule has 1 amide bonds. The molecule has 0 radical (unpaired) electrons. The lowest BCUT2D eigenvalue weighted by Crippen LogP contribution is -2.57. The monoisotopic (exact) mass is 400 g/mol. The zero-order valence-corrected chi connectivity index (χ0v) is 17.2. The summed E-state index contributed by atoms with van der Waals surface area (Å²) in [5.74, 6) is 0.963. The first-order valence-corrected chi connectivity index (χ1v) is 9.62. The highest BCUT2D eigenvalue weighted by Gasteiger charge is 2.43. The zero-order chi connectivity index (χ0) is 20.9. The topological polar surface area (TPSA) is 88.0 Å². The smallest absolute Gasteiger partial charge is 0.256 e. The Labute approximate surface area is 171 Å². The molecule has 2 aromatic rings. The lowest BCUT2D eigenvalue weighted by Gasteiger charge is -2.40. The summed E-state index contributed by atoms with van der Waals surface area (Å²) in [7, 11) is 5.03. The molecule has 0 aliphatic carbocycles. The Balaban J connectivity index is 1.71. The van der Waals surface area contributed by atoms with Crippen molar-refractivity contribution in [1.82, 2.24) is 19.8 Å². The number of amides is 1. The molecule has 0 bridgehead atoms. The van der Waals surface area contributed by atoms with Crippen LogP contribution in [0.15, 0.2) is 36.8 Å². The van der Waals surface area contributed by atoms with Crippen LogP contribution in [-0.2, 0) is 17.9 Å². The maximum Gasteiger partial charge on any atom is 0.256 e. The van der Waals surface area contributed by atoms with E-state index in [-0.39, 0.29) is 12.5 Å². The van der Waals surface area contributed by atoms with Gasteiger partial charge in [-0.25, -0.2) is 0 Å². The number of hydrogen-bond acceptors (Lipinski definition) is 7. The molecule has 0 spiro atoms. The average molecular weight is 400 g/mol. The van der Waals surface area contributed by atoms with Gasteiger partial charge in [0, 0.05) is 50.3 Å². The van der Waals surface area contributed by atoms with Crippen molar-refractivity contribution in [3.05, 3.63) is 48.0 Å². The highest BCUT2D eigenvalue weighted by atomic mass is 16.5. The first kappa shape index (κ1) is 21.0. The van der Waals surface area contributed by atoms with Crippen LogP contribution in [0.1, 0.15) is 24.1 Å². The Hall–Kier alpha value is -2.71. The third kappa shape index (κ3) is 4.83. The van der Waals surface area contributed by atoms with E-state index in [4.69, 9.17) is 9.47 Å². The normalized spacial score (nSPS) is 19.5. The van der Waals surface area contributed by atoms with Gasteiger partial charge in [-0.15, -0.1) is 0 Å². The highest BCUT2D eigenvalue weighted by Crippen LogP contribution is 2.33. The minimum Gasteiger partial charge on any atom is -0.493 e. The molecule has 1 aromatic carbocycles. The van der Waals surface area contributed by atoms with Crippen molar-refractivity contribution in [2.75, 3.05) is 34.4 Å². The van der Waals surface area contributed by atoms with Crippen molar-refractivity contribution in [2.24, 2.45) is 0 Å². The molecule has 1 aliphatic heterocycles. The fourth-order valence-electron chi connectivity index (χ4n) is 3.84. The molecule has 29 heavy (non-hydrogen) atoms. The van der Waals surface area contributed by atoms with Crippen LogP contribution in [0.3, 0.4) is 0 Å². The number of para-hydroxylation sites is 1. The summed E-state index contributed by atoms with van der Waals surface area (Å²) in [6.45, 7) is 1.69. The van der Waals surface area contributed by atoms with Crippen molar-refractivity contribution < 1.29 is 19.4 Å². The number of nitrogens with zero attached hydrogens (tertiary/aromatic N) is 4. The van der Waals surface area contributed by atoms with Crippen LogP contribution in [0.4, 0.5) is 0 Å². The summed E-state index contributed by atoms with van der Waals surface area (Å²) in [6.07, 6.45) is 6.10. The molecule has 1 aromatic heterocycles. The summed E-state index contributed by atoms with van der Waals surface area (Å²) >= 11 is 0. The van der Waals surface area contributed by atoms with E-state index in [1.54, 1.807) is 37.7 Å². The molecule has 0 saturated carbocycles. The molecular weight excluding hydrogens is 372 g/mol. The van der Waals surface area contributed by atoms with Crippen LogP contribution in [0, 0.1) is 0 Å². The maximum absolute atomic E-state index is 13.1. The quantitative estimate of drug-likeness (QED) is 0.718.